The normalized spacial score (nSPS) is 17.2. The Kier molecular flexibility index (Phi) is 11.6. The number of hydrogen-bond acceptors (Lipinski definition) is 5. The van der Waals surface area contributed by atoms with Crippen LogP contribution in [0.5, 0.6) is 0 Å². The molecule has 0 aromatic heterocycles. The average Bonchev–Trinajstić information content (AvgIpc) is 2.98. The van der Waals surface area contributed by atoms with Crippen molar-refractivity contribution < 1.29 is 37.8 Å². The van der Waals surface area contributed by atoms with Crippen molar-refractivity contribution in [3.8, 4) is 0 Å². The molecule has 1 saturated carbocycles. The number of anilines is 1. The fourth-order valence-electron chi connectivity index (χ4n) is 5.50. The quantitative estimate of drug-likeness (QED) is 0.306. The lowest BCUT2D eigenvalue weighted by molar-refractivity contribution is -0.159. The van der Waals surface area contributed by atoms with Crippen LogP contribution in [0, 0.1) is 0 Å². The number of alkyl halides is 3. The van der Waals surface area contributed by atoms with Gasteiger partial charge in [-0.05, 0) is 56.0 Å². The highest BCUT2D eigenvalue weighted by molar-refractivity contribution is 6.27. The predicted molar refractivity (Wildman–Crippen MR) is 149 cm³/mol. The summed E-state index contributed by atoms with van der Waals surface area (Å²) in [4.78, 5) is 35.8. The number of unbranched alkanes of at least 4 members (excludes halogenated alkanes) is 1. The number of aliphatic carboxylic acids is 2. The fourth-order valence-corrected chi connectivity index (χ4v) is 5.50. The molecule has 1 saturated heterocycles. The predicted octanol–water partition coefficient (Wildman–Crippen LogP) is 4.78. The summed E-state index contributed by atoms with van der Waals surface area (Å²) in [5.41, 5.74) is 0.786. The van der Waals surface area contributed by atoms with E-state index >= 15 is 0 Å². The first kappa shape index (κ1) is 31.9. The molecule has 1 amide bonds. The SMILES string of the molecule is O=C(NCCCCN1CCN(c2cccc(C(F)(F)F)c2)CC1)C1(c2ccccc2)CCCCC1.O=C(O)C(=O)O. The number of benzene rings is 2. The van der Waals surface area contributed by atoms with Gasteiger partial charge in [0.1, 0.15) is 0 Å². The van der Waals surface area contributed by atoms with Crippen molar-refractivity contribution in [3.05, 3.63) is 65.7 Å². The van der Waals surface area contributed by atoms with E-state index in [9.17, 15) is 18.0 Å². The maximum absolute atomic E-state index is 13.2. The number of carbonyl (C=O) groups excluding carboxylic acids is 1. The molecule has 4 rings (SSSR count). The second-order valence-corrected chi connectivity index (χ2v) is 10.5. The van der Waals surface area contributed by atoms with Gasteiger partial charge in [0.2, 0.25) is 5.91 Å². The number of rotatable bonds is 8. The Morgan fingerprint density at radius 2 is 1.46 bits per heavy atom. The molecule has 1 aliphatic heterocycles. The molecule has 11 heteroatoms. The van der Waals surface area contributed by atoms with Crippen molar-refractivity contribution in [2.24, 2.45) is 0 Å². The summed E-state index contributed by atoms with van der Waals surface area (Å²) in [6.45, 7) is 4.72. The molecule has 41 heavy (non-hydrogen) atoms. The summed E-state index contributed by atoms with van der Waals surface area (Å²) >= 11 is 0. The highest BCUT2D eigenvalue weighted by Gasteiger charge is 2.40. The van der Waals surface area contributed by atoms with E-state index in [4.69, 9.17) is 19.8 Å². The molecule has 0 radical (unpaired) electrons. The Morgan fingerprint density at radius 3 is 2.05 bits per heavy atom. The van der Waals surface area contributed by atoms with Gasteiger partial charge in [-0.2, -0.15) is 13.2 Å². The van der Waals surface area contributed by atoms with E-state index in [0.29, 0.717) is 12.2 Å². The Morgan fingerprint density at radius 1 is 0.829 bits per heavy atom. The summed E-state index contributed by atoms with van der Waals surface area (Å²) in [5, 5.41) is 18.0. The van der Waals surface area contributed by atoms with Crippen LogP contribution in [0.4, 0.5) is 18.9 Å². The minimum absolute atomic E-state index is 0.165. The van der Waals surface area contributed by atoms with E-state index in [-0.39, 0.29) is 11.3 Å². The Bertz CT molecular complexity index is 1130. The van der Waals surface area contributed by atoms with E-state index < -0.39 is 23.7 Å². The van der Waals surface area contributed by atoms with Gasteiger partial charge in [0.15, 0.2) is 0 Å². The summed E-state index contributed by atoms with van der Waals surface area (Å²) in [6.07, 6.45) is 2.81. The van der Waals surface area contributed by atoms with Gasteiger partial charge in [0, 0.05) is 38.4 Å². The third kappa shape index (κ3) is 9.21. The number of nitrogens with zero attached hydrogens (tertiary/aromatic N) is 2. The fraction of sp³-hybridized carbons (Fsp3) is 0.500. The lowest BCUT2D eigenvalue weighted by atomic mass is 9.68. The van der Waals surface area contributed by atoms with E-state index in [2.05, 4.69) is 22.3 Å². The van der Waals surface area contributed by atoms with Crippen LogP contribution in [0.3, 0.4) is 0 Å². The van der Waals surface area contributed by atoms with Gasteiger partial charge in [-0.25, -0.2) is 9.59 Å². The first-order valence-corrected chi connectivity index (χ1v) is 14.0. The van der Waals surface area contributed by atoms with E-state index in [1.165, 1.54) is 18.6 Å². The first-order chi connectivity index (χ1) is 19.5. The number of amides is 1. The van der Waals surface area contributed by atoms with Crippen LogP contribution in [0.15, 0.2) is 54.6 Å². The molecule has 0 atom stereocenters. The molecule has 0 bridgehead atoms. The smallest absolute Gasteiger partial charge is 0.416 e. The molecule has 2 fully saturated rings. The standard InChI is InChI=1S/C28H36F3N3O.C2H2O4/c29-28(30,31)24-12-9-13-25(22-24)34-20-18-33(19-21-34)17-8-7-16-32-26(35)27(14-5-2-6-15-27)23-10-3-1-4-11-23;3-1(4)2(5)6/h1,3-4,9-13,22H,2,5-8,14-21H2,(H,32,35);(H,3,4)(H,5,6). The second kappa shape index (κ2) is 14.9. The molecule has 1 heterocycles. The number of carboxylic acids is 2. The zero-order chi connectivity index (χ0) is 29.9. The molecular formula is C30H38F3N3O5. The molecule has 0 spiro atoms. The monoisotopic (exact) mass is 577 g/mol. The highest BCUT2D eigenvalue weighted by atomic mass is 19.4. The van der Waals surface area contributed by atoms with Gasteiger partial charge in [-0.3, -0.25) is 9.69 Å². The van der Waals surface area contributed by atoms with Crippen molar-refractivity contribution >= 4 is 23.5 Å². The summed E-state index contributed by atoms with van der Waals surface area (Å²) in [6, 6.07) is 15.8. The summed E-state index contributed by atoms with van der Waals surface area (Å²) in [5.74, 6) is -3.48. The van der Waals surface area contributed by atoms with Crippen LogP contribution in [0.1, 0.15) is 56.1 Å². The van der Waals surface area contributed by atoms with Gasteiger partial charge in [-0.15, -0.1) is 0 Å². The Labute approximate surface area is 238 Å². The van der Waals surface area contributed by atoms with Crippen LogP contribution in [-0.4, -0.2) is 72.2 Å². The highest BCUT2D eigenvalue weighted by Crippen LogP contribution is 2.39. The van der Waals surface area contributed by atoms with Crippen molar-refractivity contribution in [2.75, 3.05) is 44.2 Å². The van der Waals surface area contributed by atoms with Crippen molar-refractivity contribution in [1.82, 2.24) is 10.2 Å². The van der Waals surface area contributed by atoms with Crippen LogP contribution >= 0.6 is 0 Å². The van der Waals surface area contributed by atoms with E-state index in [1.807, 2.05) is 23.1 Å². The molecule has 2 aliphatic rings. The number of hydrogen-bond donors (Lipinski definition) is 3. The molecule has 2 aromatic carbocycles. The van der Waals surface area contributed by atoms with Crippen LogP contribution in [0.2, 0.25) is 0 Å². The third-order valence-corrected chi connectivity index (χ3v) is 7.75. The summed E-state index contributed by atoms with van der Waals surface area (Å²) < 4.78 is 39.0. The maximum Gasteiger partial charge on any atom is 0.416 e. The van der Waals surface area contributed by atoms with Gasteiger partial charge in [-0.1, -0.05) is 55.7 Å². The van der Waals surface area contributed by atoms with Crippen LogP contribution in [0.25, 0.3) is 0 Å². The number of carbonyl (C=O) groups is 3. The number of nitrogens with one attached hydrogen (secondary N) is 1. The maximum atomic E-state index is 13.2. The number of carboxylic acid groups (broad SMARTS) is 2. The molecule has 0 unspecified atom stereocenters. The van der Waals surface area contributed by atoms with Crippen molar-refractivity contribution in [3.63, 3.8) is 0 Å². The number of halogens is 3. The van der Waals surface area contributed by atoms with E-state index in [1.54, 1.807) is 6.07 Å². The zero-order valence-corrected chi connectivity index (χ0v) is 23.0. The second-order valence-electron chi connectivity index (χ2n) is 10.5. The minimum atomic E-state index is -4.31. The van der Waals surface area contributed by atoms with Crippen LogP contribution in [-0.2, 0) is 26.0 Å². The first-order valence-electron chi connectivity index (χ1n) is 14.0. The number of piperazine rings is 1. The molecule has 224 valence electrons. The lowest BCUT2D eigenvalue weighted by Crippen LogP contribution is -2.47. The largest absolute Gasteiger partial charge is 0.473 e. The van der Waals surface area contributed by atoms with Gasteiger partial charge < -0.3 is 20.4 Å². The Balaban J connectivity index is 0.000000696. The molecule has 1 aliphatic carbocycles. The van der Waals surface area contributed by atoms with Crippen LogP contribution < -0.4 is 10.2 Å². The third-order valence-electron chi connectivity index (χ3n) is 7.75. The van der Waals surface area contributed by atoms with Crippen molar-refractivity contribution in [2.45, 2.75) is 56.5 Å². The lowest BCUT2D eigenvalue weighted by Gasteiger charge is -2.37. The van der Waals surface area contributed by atoms with Gasteiger partial charge in [0.25, 0.3) is 0 Å². The van der Waals surface area contributed by atoms with Gasteiger partial charge >= 0.3 is 18.1 Å². The molecule has 2 aromatic rings. The zero-order valence-electron chi connectivity index (χ0n) is 23.0. The molecular weight excluding hydrogens is 539 g/mol. The average molecular weight is 578 g/mol. The summed E-state index contributed by atoms with van der Waals surface area (Å²) in [7, 11) is 0. The Hall–Kier alpha value is -3.60. The van der Waals surface area contributed by atoms with Crippen molar-refractivity contribution in [1.29, 1.82) is 0 Å². The molecule has 3 N–H and O–H groups in total. The minimum Gasteiger partial charge on any atom is -0.473 e. The van der Waals surface area contributed by atoms with Gasteiger partial charge in [0.05, 0.1) is 11.0 Å². The van der Waals surface area contributed by atoms with E-state index in [0.717, 1.165) is 82.9 Å². The molecule has 8 nitrogen and oxygen atoms in total. The topological polar surface area (TPSA) is 110 Å².